The van der Waals surface area contributed by atoms with Crippen LogP contribution in [0.15, 0.2) is 24.3 Å². The van der Waals surface area contributed by atoms with Gasteiger partial charge in [-0.05, 0) is 107 Å². The molecule has 0 fully saturated rings. The van der Waals surface area contributed by atoms with E-state index in [0.29, 0.717) is 13.2 Å². The van der Waals surface area contributed by atoms with E-state index in [0.717, 1.165) is 36.2 Å². The topological polar surface area (TPSA) is 18.5 Å². The van der Waals surface area contributed by atoms with Gasteiger partial charge in [0.2, 0.25) is 0 Å². The van der Waals surface area contributed by atoms with Crippen LogP contribution in [-0.2, 0) is 0 Å². The number of halogens is 4. The van der Waals surface area contributed by atoms with Crippen LogP contribution in [0.1, 0.15) is 24.5 Å². The van der Waals surface area contributed by atoms with Crippen LogP contribution in [0, 0.1) is 38.5 Å². The summed E-state index contributed by atoms with van der Waals surface area (Å²) in [4.78, 5) is 0. The summed E-state index contributed by atoms with van der Waals surface area (Å²) in [5.41, 5.74) is 1.59. The minimum absolute atomic E-state index is 0.250. The molecule has 0 amide bonds. The predicted molar refractivity (Wildman–Crippen MR) is 112 cm³/mol. The largest absolute Gasteiger partial charge is 0.492 e. The Morgan fingerprint density at radius 3 is 1.84 bits per heavy atom. The molecule has 136 valence electrons. The van der Waals surface area contributed by atoms with Gasteiger partial charge in [-0.3, -0.25) is 0 Å². The lowest BCUT2D eigenvalue weighted by molar-refractivity contribution is 0.214. The van der Waals surface area contributed by atoms with Gasteiger partial charge in [0, 0.05) is 0 Å². The molecule has 0 N–H and O–H groups in total. The summed E-state index contributed by atoms with van der Waals surface area (Å²) in [6, 6.07) is 5.89. The summed E-state index contributed by atoms with van der Waals surface area (Å²) in [7, 11) is 0. The van der Waals surface area contributed by atoms with E-state index in [1.807, 2.05) is 13.8 Å². The number of hydrogen-bond donors (Lipinski definition) is 0. The molecule has 0 aliphatic rings. The fraction of sp³-hybridized carbons (Fsp3) is 0.368. The zero-order valence-electron chi connectivity index (χ0n) is 14.3. The molecule has 2 rings (SSSR count). The van der Waals surface area contributed by atoms with Crippen molar-refractivity contribution in [2.45, 2.75) is 27.2 Å². The van der Waals surface area contributed by atoms with Crippen LogP contribution in [0.3, 0.4) is 0 Å². The van der Waals surface area contributed by atoms with Gasteiger partial charge in [-0.2, -0.15) is 0 Å². The Morgan fingerprint density at radius 2 is 1.36 bits per heavy atom. The summed E-state index contributed by atoms with van der Waals surface area (Å²) in [5, 5.41) is 0. The van der Waals surface area contributed by atoms with Crippen LogP contribution in [0.4, 0.5) is 8.78 Å². The summed E-state index contributed by atoms with van der Waals surface area (Å²) >= 11 is 4.17. The first kappa shape index (κ1) is 20.7. The number of aryl methyl sites for hydroxylation is 2. The standard InChI is InChI=1S/C19H20F2I2O2/c1-11(10-25-19-13(3)7-15(21)9-17(19)23)4-5-24-18-12(2)6-14(20)8-16(18)22/h6-9,11H,4-5,10H2,1-3H3. The molecule has 0 saturated heterocycles. The van der Waals surface area contributed by atoms with Gasteiger partial charge in [0.05, 0.1) is 20.4 Å². The lowest BCUT2D eigenvalue weighted by Gasteiger charge is -2.17. The first-order valence-corrected chi connectivity index (χ1v) is 10.1. The van der Waals surface area contributed by atoms with Crippen molar-refractivity contribution in [2.75, 3.05) is 13.2 Å². The van der Waals surface area contributed by atoms with Gasteiger partial charge in [-0.15, -0.1) is 0 Å². The Kier molecular flexibility index (Phi) is 7.72. The zero-order valence-corrected chi connectivity index (χ0v) is 18.7. The lowest BCUT2D eigenvalue weighted by atomic mass is 10.1. The third kappa shape index (κ3) is 5.94. The number of ether oxygens (including phenoxy) is 2. The van der Waals surface area contributed by atoms with Crippen LogP contribution < -0.4 is 9.47 Å². The van der Waals surface area contributed by atoms with Gasteiger partial charge in [0.15, 0.2) is 0 Å². The average molecular weight is 572 g/mol. The molecule has 0 spiro atoms. The molecule has 25 heavy (non-hydrogen) atoms. The number of rotatable bonds is 7. The molecule has 2 nitrogen and oxygen atoms in total. The van der Waals surface area contributed by atoms with E-state index in [9.17, 15) is 8.78 Å². The summed E-state index contributed by atoms with van der Waals surface area (Å²) in [6.07, 6.45) is 0.809. The third-order valence-corrected chi connectivity index (χ3v) is 5.36. The van der Waals surface area contributed by atoms with E-state index in [-0.39, 0.29) is 17.6 Å². The van der Waals surface area contributed by atoms with E-state index in [2.05, 4.69) is 52.1 Å². The minimum Gasteiger partial charge on any atom is -0.492 e. The van der Waals surface area contributed by atoms with Crippen LogP contribution in [0.5, 0.6) is 11.5 Å². The normalized spacial score (nSPS) is 12.1. The molecule has 2 aromatic carbocycles. The maximum absolute atomic E-state index is 13.3. The quantitative estimate of drug-likeness (QED) is 0.364. The maximum Gasteiger partial charge on any atom is 0.135 e. The molecule has 0 aliphatic heterocycles. The van der Waals surface area contributed by atoms with Crippen molar-refractivity contribution in [1.29, 1.82) is 0 Å². The van der Waals surface area contributed by atoms with Crippen LogP contribution in [0.2, 0.25) is 0 Å². The highest BCUT2D eigenvalue weighted by molar-refractivity contribution is 14.1. The van der Waals surface area contributed by atoms with Crippen molar-refractivity contribution < 1.29 is 18.3 Å². The highest BCUT2D eigenvalue weighted by atomic mass is 127. The predicted octanol–water partition coefficient (Wildman–Crippen LogP) is 6.27. The first-order chi connectivity index (χ1) is 11.8. The molecule has 0 radical (unpaired) electrons. The molecule has 2 aromatic rings. The van der Waals surface area contributed by atoms with Crippen molar-refractivity contribution in [3.05, 3.63) is 54.2 Å². The van der Waals surface area contributed by atoms with Crippen molar-refractivity contribution >= 4 is 45.2 Å². The second-order valence-corrected chi connectivity index (χ2v) is 8.44. The SMILES string of the molecule is Cc1cc(F)cc(I)c1OCCC(C)COc1c(C)cc(F)cc1I. The molecule has 0 heterocycles. The number of hydrogen-bond acceptors (Lipinski definition) is 2. The Hall–Kier alpha value is -0.640. The summed E-state index contributed by atoms with van der Waals surface area (Å²) < 4.78 is 39.9. The van der Waals surface area contributed by atoms with Crippen LogP contribution in [-0.4, -0.2) is 13.2 Å². The van der Waals surface area contributed by atoms with Gasteiger partial charge < -0.3 is 9.47 Å². The third-order valence-electron chi connectivity index (χ3n) is 3.76. The Bertz CT molecular complexity index is 704. The fourth-order valence-corrected chi connectivity index (χ4v) is 4.17. The average Bonchev–Trinajstić information content (AvgIpc) is 2.48. The monoisotopic (exact) mass is 572 g/mol. The second-order valence-electron chi connectivity index (χ2n) is 6.12. The zero-order chi connectivity index (χ0) is 18.6. The molecular formula is C19H20F2I2O2. The number of benzene rings is 2. The Balaban J connectivity index is 1.85. The molecule has 0 aromatic heterocycles. The van der Waals surface area contributed by atoms with Crippen molar-refractivity contribution in [3.8, 4) is 11.5 Å². The highest BCUT2D eigenvalue weighted by Gasteiger charge is 2.12. The van der Waals surface area contributed by atoms with Crippen molar-refractivity contribution in [1.82, 2.24) is 0 Å². The molecule has 1 unspecified atom stereocenters. The van der Waals surface area contributed by atoms with E-state index < -0.39 is 0 Å². The highest BCUT2D eigenvalue weighted by Crippen LogP contribution is 2.28. The molecule has 0 bridgehead atoms. The summed E-state index contributed by atoms with van der Waals surface area (Å²) in [6.45, 7) is 6.83. The minimum atomic E-state index is -0.250. The summed E-state index contributed by atoms with van der Waals surface area (Å²) in [5.74, 6) is 1.25. The van der Waals surface area contributed by atoms with Gasteiger partial charge in [0.1, 0.15) is 23.1 Å². The lowest BCUT2D eigenvalue weighted by Crippen LogP contribution is -2.14. The van der Waals surface area contributed by atoms with Gasteiger partial charge >= 0.3 is 0 Å². The fourth-order valence-electron chi connectivity index (χ4n) is 2.41. The van der Waals surface area contributed by atoms with E-state index in [4.69, 9.17) is 9.47 Å². The van der Waals surface area contributed by atoms with Gasteiger partial charge in [0.25, 0.3) is 0 Å². The Labute approximate surface area is 174 Å². The molecular weight excluding hydrogens is 552 g/mol. The van der Waals surface area contributed by atoms with E-state index in [1.165, 1.54) is 24.3 Å². The van der Waals surface area contributed by atoms with E-state index in [1.54, 1.807) is 0 Å². The smallest absolute Gasteiger partial charge is 0.135 e. The van der Waals surface area contributed by atoms with Gasteiger partial charge in [-0.25, -0.2) is 8.78 Å². The molecule has 0 saturated carbocycles. The second kappa shape index (κ2) is 9.34. The van der Waals surface area contributed by atoms with Crippen LogP contribution >= 0.6 is 45.2 Å². The molecule has 6 heteroatoms. The first-order valence-electron chi connectivity index (χ1n) is 7.94. The van der Waals surface area contributed by atoms with Crippen molar-refractivity contribution in [2.24, 2.45) is 5.92 Å². The van der Waals surface area contributed by atoms with Crippen LogP contribution in [0.25, 0.3) is 0 Å². The van der Waals surface area contributed by atoms with Gasteiger partial charge in [-0.1, -0.05) is 6.92 Å². The van der Waals surface area contributed by atoms with Crippen molar-refractivity contribution in [3.63, 3.8) is 0 Å². The van der Waals surface area contributed by atoms with E-state index >= 15 is 0 Å². The molecule has 0 aliphatic carbocycles. The Morgan fingerprint density at radius 1 is 0.880 bits per heavy atom. The molecule has 1 atom stereocenters. The maximum atomic E-state index is 13.3.